The minimum atomic E-state index is -0.571. The highest BCUT2D eigenvalue weighted by Gasteiger charge is 2.20. The van der Waals surface area contributed by atoms with E-state index >= 15 is 0 Å². The summed E-state index contributed by atoms with van der Waals surface area (Å²) in [6.45, 7) is 1.14. The Kier molecular flexibility index (Phi) is 8.71. The topological polar surface area (TPSA) is 92.7 Å². The van der Waals surface area contributed by atoms with E-state index in [0.29, 0.717) is 17.9 Å². The van der Waals surface area contributed by atoms with Crippen molar-refractivity contribution in [1.82, 2.24) is 0 Å². The SMILES string of the molecule is CC(=O)SCC(Cc1ccccc1)C(=O)Nc1cccc(C(=O)OCCO)c1. The van der Waals surface area contributed by atoms with Crippen molar-refractivity contribution >= 4 is 34.4 Å². The van der Waals surface area contributed by atoms with Gasteiger partial charge in [0, 0.05) is 18.4 Å². The molecule has 0 saturated carbocycles. The van der Waals surface area contributed by atoms with Crippen molar-refractivity contribution in [3.8, 4) is 0 Å². The summed E-state index contributed by atoms with van der Waals surface area (Å²) in [6.07, 6.45) is 0.505. The molecule has 0 fully saturated rings. The van der Waals surface area contributed by atoms with Crippen LogP contribution >= 0.6 is 11.8 Å². The van der Waals surface area contributed by atoms with Crippen molar-refractivity contribution in [2.75, 3.05) is 24.3 Å². The molecule has 0 aliphatic carbocycles. The van der Waals surface area contributed by atoms with Gasteiger partial charge in [0.05, 0.1) is 18.1 Å². The third-order valence-electron chi connectivity index (χ3n) is 3.87. The predicted octanol–water partition coefficient (Wildman–Crippen LogP) is 2.91. The molecule has 28 heavy (non-hydrogen) atoms. The molecule has 148 valence electrons. The van der Waals surface area contributed by atoms with Gasteiger partial charge in [-0.2, -0.15) is 0 Å². The summed E-state index contributed by atoms with van der Waals surface area (Å²) in [7, 11) is 0. The van der Waals surface area contributed by atoms with Crippen molar-refractivity contribution in [3.63, 3.8) is 0 Å². The fourth-order valence-corrected chi connectivity index (χ4v) is 3.24. The first-order valence-corrected chi connectivity index (χ1v) is 9.84. The highest BCUT2D eigenvalue weighted by Crippen LogP contribution is 2.19. The van der Waals surface area contributed by atoms with Crippen molar-refractivity contribution in [2.45, 2.75) is 13.3 Å². The summed E-state index contributed by atoms with van der Waals surface area (Å²) < 4.78 is 4.89. The quantitative estimate of drug-likeness (QED) is 0.628. The van der Waals surface area contributed by atoms with Gasteiger partial charge in [-0.3, -0.25) is 9.59 Å². The smallest absolute Gasteiger partial charge is 0.338 e. The summed E-state index contributed by atoms with van der Waals surface area (Å²) in [6, 6.07) is 16.0. The zero-order valence-electron chi connectivity index (χ0n) is 15.6. The van der Waals surface area contributed by atoms with Crippen LogP contribution in [0.2, 0.25) is 0 Å². The number of benzene rings is 2. The van der Waals surface area contributed by atoms with Crippen molar-refractivity contribution in [3.05, 3.63) is 65.7 Å². The van der Waals surface area contributed by atoms with Gasteiger partial charge in [0.1, 0.15) is 6.61 Å². The lowest BCUT2D eigenvalue weighted by atomic mass is 10.00. The Labute approximate surface area is 168 Å². The summed E-state index contributed by atoms with van der Waals surface area (Å²) in [5, 5.41) is 11.5. The highest BCUT2D eigenvalue weighted by molar-refractivity contribution is 8.13. The molecule has 0 aromatic heterocycles. The number of aliphatic hydroxyl groups is 1. The molecule has 0 aliphatic heterocycles. The Bertz CT molecular complexity index is 809. The average Bonchev–Trinajstić information content (AvgIpc) is 2.70. The second-order valence-corrected chi connectivity index (χ2v) is 7.32. The standard InChI is InChI=1S/C21H23NO5S/c1-15(24)28-14-18(12-16-6-3-2-4-7-16)20(25)22-19-9-5-8-17(13-19)21(26)27-11-10-23/h2-9,13,18,23H,10-12,14H2,1H3,(H,22,25). The molecule has 1 atom stereocenters. The summed E-state index contributed by atoms with van der Waals surface area (Å²) in [5.41, 5.74) is 1.76. The van der Waals surface area contributed by atoms with Gasteiger partial charge in [-0.1, -0.05) is 48.2 Å². The van der Waals surface area contributed by atoms with Gasteiger partial charge in [-0.15, -0.1) is 0 Å². The Morgan fingerprint density at radius 2 is 1.86 bits per heavy atom. The van der Waals surface area contributed by atoms with E-state index in [-0.39, 0.29) is 29.8 Å². The average molecular weight is 401 g/mol. The normalized spacial score (nSPS) is 11.5. The Balaban J connectivity index is 2.09. The number of hydrogen-bond donors (Lipinski definition) is 2. The number of aliphatic hydroxyl groups excluding tert-OH is 1. The molecular formula is C21H23NO5S. The van der Waals surface area contributed by atoms with Gasteiger partial charge < -0.3 is 15.2 Å². The van der Waals surface area contributed by atoms with Crippen molar-refractivity contribution < 1.29 is 24.2 Å². The Hall–Kier alpha value is -2.64. The Morgan fingerprint density at radius 1 is 1.11 bits per heavy atom. The van der Waals surface area contributed by atoms with E-state index in [4.69, 9.17) is 9.84 Å². The monoisotopic (exact) mass is 401 g/mol. The number of anilines is 1. The van der Waals surface area contributed by atoms with E-state index in [1.807, 2.05) is 30.3 Å². The van der Waals surface area contributed by atoms with Gasteiger partial charge in [0.25, 0.3) is 0 Å². The summed E-state index contributed by atoms with van der Waals surface area (Å²) >= 11 is 1.12. The molecule has 6 nitrogen and oxygen atoms in total. The van der Waals surface area contributed by atoms with Crippen LogP contribution < -0.4 is 5.32 Å². The van der Waals surface area contributed by atoms with Crippen LogP contribution in [-0.4, -0.2) is 41.1 Å². The largest absolute Gasteiger partial charge is 0.460 e. The lowest BCUT2D eigenvalue weighted by molar-refractivity contribution is -0.119. The third kappa shape index (κ3) is 7.17. The lowest BCUT2D eigenvalue weighted by Crippen LogP contribution is -2.27. The lowest BCUT2D eigenvalue weighted by Gasteiger charge is -2.16. The zero-order chi connectivity index (χ0) is 20.4. The molecule has 0 bridgehead atoms. The summed E-state index contributed by atoms with van der Waals surface area (Å²) in [5.74, 6) is -0.827. The molecular weight excluding hydrogens is 378 g/mol. The van der Waals surface area contributed by atoms with E-state index in [1.54, 1.807) is 18.2 Å². The molecule has 0 spiro atoms. The van der Waals surface area contributed by atoms with Crippen LogP contribution in [0, 0.1) is 5.92 Å². The van der Waals surface area contributed by atoms with E-state index in [2.05, 4.69) is 5.32 Å². The molecule has 0 saturated heterocycles. The minimum absolute atomic E-state index is 0.0421. The van der Waals surface area contributed by atoms with Crippen LogP contribution in [0.3, 0.4) is 0 Å². The van der Waals surface area contributed by atoms with Crippen LogP contribution in [0.1, 0.15) is 22.8 Å². The fraction of sp³-hybridized carbons (Fsp3) is 0.286. The predicted molar refractivity (Wildman–Crippen MR) is 109 cm³/mol. The molecule has 1 unspecified atom stereocenters. The molecule has 0 heterocycles. The van der Waals surface area contributed by atoms with Crippen LogP contribution in [0.5, 0.6) is 0 Å². The second kappa shape index (κ2) is 11.3. The van der Waals surface area contributed by atoms with Crippen molar-refractivity contribution in [2.24, 2.45) is 5.92 Å². The number of esters is 1. The molecule has 2 aromatic carbocycles. The first kappa shape index (κ1) is 21.7. The number of nitrogens with one attached hydrogen (secondary N) is 1. The van der Waals surface area contributed by atoms with E-state index < -0.39 is 11.9 Å². The Morgan fingerprint density at radius 3 is 2.54 bits per heavy atom. The number of rotatable bonds is 9. The van der Waals surface area contributed by atoms with Gasteiger partial charge in [-0.25, -0.2) is 4.79 Å². The van der Waals surface area contributed by atoms with Gasteiger partial charge >= 0.3 is 5.97 Å². The molecule has 2 rings (SSSR count). The molecule has 7 heteroatoms. The van der Waals surface area contributed by atoms with Gasteiger partial charge in [0.15, 0.2) is 5.12 Å². The number of carbonyl (C=O) groups is 3. The van der Waals surface area contributed by atoms with Gasteiger partial charge in [0.2, 0.25) is 5.91 Å². The molecule has 0 aliphatic rings. The highest BCUT2D eigenvalue weighted by atomic mass is 32.2. The van der Waals surface area contributed by atoms with Crippen LogP contribution in [0.4, 0.5) is 5.69 Å². The maximum absolute atomic E-state index is 12.8. The number of ether oxygens (including phenoxy) is 1. The van der Waals surface area contributed by atoms with Crippen LogP contribution in [0.25, 0.3) is 0 Å². The van der Waals surface area contributed by atoms with E-state index in [0.717, 1.165) is 17.3 Å². The van der Waals surface area contributed by atoms with Crippen LogP contribution in [0.15, 0.2) is 54.6 Å². The molecule has 1 amide bonds. The van der Waals surface area contributed by atoms with Crippen LogP contribution in [-0.2, 0) is 20.7 Å². The maximum atomic E-state index is 12.8. The number of thioether (sulfide) groups is 1. The molecule has 2 aromatic rings. The fourth-order valence-electron chi connectivity index (χ4n) is 2.53. The number of hydrogen-bond acceptors (Lipinski definition) is 6. The number of carbonyl (C=O) groups excluding carboxylic acids is 3. The summed E-state index contributed by atoms with van der Waals surface area (Å²) in [4.78, 5) is 36.1. The maximum Gasteiger partial charge on any atom is 0.338 e. The second-order valence-electron chi connectivity index (χ2n) is 6.12. The first-order valence-electron chi connectivity index (χ1n) is 8.85. The van der Waals surface area contributed by atoms with Gasteiger partial charge in [-0.05, 0) is 30.2 Å². The number of amides is 1. The minimum Gasteiger partial charge on any atom is -0.460 e. The van der Waals surface area contributed by atoms with E-state index in [1.165, 1.54) is 13.0 Å². The molecule has 0 radical (unpaired) electrons. The first-order chi connectivity index (χ1) is 13.5. The van der Waals surface area contributed by atoms with E-state index in [9.17, 15) is 14.4 Å². The third-order valence-corrected chi connectivity index (χ3v) is 4.85. The zero-order valence-corrected chi connectivity index (χ0v) is 16.4. The molecule has 2 N–H and O–H groups in total. The van der Waals surface area contributed by atoms with Crippen molar-refractivity contribution in [1.29, 1.82) is 0 Å².